The molecule has 0 radical (unpaired) electrons. The molecular weight excluding hydrogens is 326 g/mol. The number of carbonyl (C=O) groups is 1. The van der Waals surface area contributed by atoms with Crippen molar-refractivity contribution in [2.45, 2.75) is 39.7 Å². The Morgan fingerprint density at radius 1 is 1.08 bits per heavy atom. The van der Waals surface area contributed by atoms with Crippen molar-refractivity contribution in [3.8, 4) is 0 Å². The second-order valence-corrected chi connectivity index (χ2v) is 7.72. The molecule has 1 fully saturated rings. The first-order valence-corrected chi connectivity index (χ1v) is 10.0. The molecule has 0 bridgehead atoms. The molecule has 0 aliphatic carbocycles. The fourth-order valence-electron chi connectivity index (χ4n) is 2.87. The van der Waals surface area contributed by atoms with Crippen molar-refractivity contribution in [1.82, 2.24) is 13.9 Å². The Morgan fingerprint density at radius 3 is 2.21 bits per heavy atom. The van der Waals surface area contributed by atoms with Gasteiger partial charge in [0.05, 0.1) is 0 Å². The van der Waals surface area contributed by atoms with Gasteiger partial charge in [-0.3, -0.25) is 4.79 Å². The average molecular weight is 353 g/mol. The van der Waals surface area contributed by atoms with Gasteiger partial charge in [0.25, 0.3) is 16.1 Å². The Bertz CT molecular complexity index is 634. The fourth-order valence-corrected chi connectivity index (χ4v) is 4.09. The Morgan fingerprint density at radius 2 is 1.67 bits per heavy atom. The van der Waals surface area contributed by atoms with Crippen molar-refractivity contribution < 1.29 is 13.2 Å². The summed E-state index contributed by atoms with van der Waals surface area (Å²) in [5.74, 6) is 0.0602. The third-order valence-electron chi connectivity index (χ3n) is 4.35. The van der Waals surface area contributed by atoms with Crippen LogP contribution in [0.15, 0.2) is 24.3 Å². The molecule has 0 saturated carbocycles. The van der Waals surface area contributed by atoms with E-state index in [1.54, 1.807) is 12.1 Å². The van der Waals surface area contributed by atoms with Crippen LogP contribution in [0.3, 0.4) is 0 Å². The van der Waals surface area contributed by atoms with Crippen LogP contribution in [0.2, 0.25) is 0 Å². The first-order valence-electron chi connectivity index (χ1n) is 8.61. The normalized spacial score (nSPS) is 15.7. The van der Waals surface area contributed by atoms with Crippen LogP contribution in [0.4, 0.5) is 0 Å². The van der Waals surface area contributed by atoms with Gasteiger partial charge in [-0.1, -0.05) is 26.0 Å². The number of nitrogens with zero attached hydrogens (tertiary/aromatic N) is 2. The molecule has 1 heterocycles. The summed E-state index contributed by atoms with van der Waals surface area (Å²) in [6, 6.07) is 7.17. The van der Waals surface area contributed by atoms with E-state index in [0.29, 0.717) is 18.7 Å². The van der Waals surface area contributed by atoms with E-state index in [-0.39, 0.29) is 12.5 Å². The van der Waals surface area contributed by atoms with E-state index in [4.69, 9.17) is 0 Å². The Kier molecular flexibility index (Phi) is 6.77. The highest BCUT2D eigenvalue weighted by atomic mass is 32.2. The zero-order chi connectivity index (χ0) is 17.6. The van der Waals surface area contributed by atoms with E-state index in [2.05, 4.69) is 4.72 Å². The van der Waals surface area contributed by atoms with Gasteiger partial charge in [-0.05, 0) is 37.0 Å². The largest absolute Gasteiger partial charge is 0.339 e. The van der Waals surface area contributed by atoms with Gasteiger partial charge >= 0.3 is 0 Å². The molecule has 1 aromatic carbocycles. The SMILES string of the molecule is CCN(CC)S(=O)(=O)NCc1ccc(C(=O)N2CCCCC2)cc1. The van der Waals surface area contributed by atoms with Crippen LogP contribution in [-0.2, 0) is 16.8 Å². The van der Waals surface area contributed by atoms with Crippen molar-refractivity contribution in [1.29, 1.82) is 0 Å². The van der Waals surface area contributed by atoms with Crippen LogP contribution in [0.1, 0.15) is 49.0 Å². The summed E-state index contributed by atoms with van der Waals surface area (Å²) >= 11 is 0. The van der Waals surface area contributed by atoms with Crippen LogP contribution in [-0.4, -0.2) is 49.7 Å². The summed E-state index contributed by atoms with van der Waals surface area (Å²) < 4.78 is 28.2. The molecule has 2 rings (SSSR count). The highest BCUT2D eigenvalue weighted by molar-refractivity contribution is 7.87. The van der Waals surface area contributed by atoms with Gasteiger partial charge < -0.3 is 4.90 Å². The topological polar surface area (TPSA) is 69.7 Å². The maximum absolute atomic E-state index is 12.4. The predicted octanol–water partition coefficient (Wildman–Crippen LogP) is 1.99. The second-order valence-electron chi connectivity index (χ2n) is 5.96. The number of likely N-dealkylation sites (tertiary alicyclic amines) is 1. The molecule has 1 aliphatic rings. The van der Waals surface area contributed by atoms with Gasteiger partial charge in [0, 0.05) is 38.3 Å². The third-order valence-corrected chi connectivity index (χ3v) is 6.05. The number of amides is 1. The summed E-state index contributed by atoms with van der Waals surface area (Å²) in [6.45, 7) is 6.36. The number of nitrogens with one attached hydrogen (secondary N) is 1. The molecule has 1 aromatic rings. The minimum absolute atomic E-state index is 0.0602. The van der Waals surface area contributed by atoms with E-state index in [1.165, 1.54) is 10.7 Å². The average Bonchev–Trinajstić information content (AvgIpc) is 2.61. The lowest BCUT2D eigenvalue weighted by Gasteiger charge is -2.26. The van der Waals surface area contributed by atoms with Crippen LogP contribution in [0, 0.1) is 0 Å². The number of benzene rings is 1. The zero-order valence-electron chi connectivity index (χ0n) is 14.5. The van der Waals surface area contributed by atoms with E-state index in [0.717, 1.165) is 31.5 Å². The lowest BCUT2D eigenvalue weighted by Crippen LogP contribution is -2.40. The molecule has 1 N–H and O–H groups in total. The number of piperidine rings is 1. The summed E-state index contributed by atoms with van der Waals surface area (Å²) in [4.78, 5) is 14.3. The van der Waals surface area contributed by atoms with Crippen molar-refractivity contribution in [2.75, 3.05) is 26.2 Å². The van der Waals surface area contributed by atoms with Crippen molar-refractivity contribution >= 4 is 16.1 Å². The molecule has 1 aliphatic heterocycles. The molecule has 1 amide bonds. The van der Waals surface area contributed by atoms with Gasteiger partial charge in [0.1, 0.15) is 0 Å². The molecule has 1 saturated heterocycles. The summed E-state index contributed by atoms with van der Waals surface area (Å²) in [6.07, 6.45) is 3.32. The number of hydrogen-bond donors (Lipinski definition) is 1. The van der Waals surface area contributed by atoms with E-state index in [9.17, 15) is 13.2 Å². The Hall–Kier alpha value is -1.44. The summed E-state index contributed by atoms with van der Waals surface area (Å²) in [5, 5.41) is 0. The maximum Gasteiger partial charge on any atom is 0.279 e. The monoisotopic (exact) mass is 353 g/mol. The lowest BCUT2D eigenvalue weighted by molar-refractivity contribution is 0.0724. The molecule has 0 aromatic heterocycles. The van der Waals surface area contributed by atoms with Crippen LogP contribution in [0.25, 0.3) is 0 Å². The number of carbonyl (C=O) groups excluding carboxylic acids is 1. The Balaban J connectivity index is 1.95. The van der Waals surface area contributed by atoms with E-state index < -0.39 is 10.2 Å². The highest BCUT2D eigenvalue weighted by Crippen LogP contribution is 2.14. The molecule has 7 heteroatoms. The smallest absolute Gasteiger partial charge is 0.279 e. The minimum Gasteiger partial charge on any atom is -0.339 e. The minimum atomic E-state index is -3.46. The molecule has 134 valence electrons. The van der Waals surface area contributed by atoms with Gasteiger partial charge in [0.15, 0.2) is 0 Å². The van der Waals surface area contributed by atoms with Crippen molar-refractivity contribution in [3.63, 3.8) is 0 Å². The summed E-state index contributed by atoms with van der Waals surface area (Å²) in [5.41, 5.74) is 1.49. The van der Waals surface area contributed by atoms with Crippen molar-refractivity contribution in [3.05, 3.63) is 35.4 Å². The van der Waals surface area contributed by atoms with Gasteiger partial charge in [-0.15, -0.1) is 0 Å². The molecule has 0 unspecified atom stereocenters. The second kappa shape index (κ2) is 8.60. The van der Waals surface area contributed by atoms with E-state index in [1.807, 2.05) is 30.9 Å². The van der Waals surface area contributed by atoms with Crippen LogP contribution in [0.5, 0.6) is 0 Å². The van der Waals surface area contributed by atoms with Crippen LogP contribution < -0.4 is 4.72 Å². The van der Waals surface area contributed by atoms with Gasteiger partial charge in [-0.25, -0.2) is 0 Å². The fraction of sp³-hybridized carbons (Fsp3) is 0.588. The number of hydrogen-bond acceptors (Lipinski definition) is 3. The summed E-state index contributed by atoms with van der Waals surface area (Å²) in [7, 11) is -3.46. The van der Waals surface area contributed by atoms with E-state index >= 15 is 0 Å². The molecule has 6 nitrogen and oxygen atoms in total. The quantitative estimate of drug-likeness (QED) is 0.815. The molecule has 24 heavy (non-hydrogen) atoms. The Labute approximate surface area is 145 Å². The first kappa shape index (κ1) is 18.9. The number of rotatable bonds is 7. The lowest BCUT2D eigenvalue weighted by atomic mass is 10.1. The maximum atomic E-state index is 12.4. The zero-order valence-corrected chi connectivity index (χ0v) is 15.3. The predicted molar refractivity (Wildman–Crippen MR) is 94.9 cm³/mol. The molecular formula is C17H27N3O3S. The van der Waals surface area contributed by atoms with Gasteiger partial charge in [0.2, 0.25) is 0 Å². The highest BCUT2D eigenvalue weighted by Gasteiger charge is 2.19. The standard InChI is InChI=1S/C17H27N3O3S/c1-3-20(4-2)24(22,23)18-14-15-8-10-16(11-9-15)17(21)19-12-6-5-7-13-19/h8-11,18H,3-7,12-14H2,1-2H3. The van der Waals surface area contributed by atoms with Crippen molar-refractivity contribution in [2.24, 2.45) is 0 Å². The van der Waals surface area contributed by atoms with Crippen LogP contribution >= 0.6 is 0 Å². The first-order chi connectivity index (χ1) is 11.5. The molecule has 0 atom stereocenters. The third kappa shape index (κ3) is 4.78. The molecule has 0 spiro atoms. The van der Waals surface area contributed by atoms with Gasteiger partial charge in [-0.2, -0.15) is 17.4 Å².